The van der Waals surface area contributed by atoms with Crippen molar-refractivity contribution in [1.29, 1.82) is 0 Å². The van der Waals surface area contributed by atoms with Gasteiger partial charge in [0.05, 0.1) is 0 Å². The molecule has 1 saturated carbocycles. The number of hydrogen-bond donors (Lipinski definition) is 2. The second kappa shape index (κ2) is 5.50. The summed E-state index contributed by atoms with van der Waals surface area (Å²) in [6.45, 7) is 6.69. The number of rotatable bonds is 6. The maximum Gasteiger partial charge on any atom is 0.0447 e. The highest BCUT2D eigenvalue weighted by atomic mass is 32.2. The molecule has 3 N–H and O–H groups in total. The van der Waals surface area contributed by atoms with Gasteiger partial charge in [-0.2, -0.15) is 11.8 Å². The highest BCUT2D eigenvalue weighted by Gasteiger charge is 2.45. The minimum atomic E-state index is 0.166. The molecule has 0 aromatic carbocycles. The molecule has 1 saturated heterocycles. The van der Waals surface area contributed by atoms with Crippen molar-refractivity contribution in [2.24, 2.45) is 17.1 Å². The Morgan fingerprint density at radius 3 is 2.71 bits per heavy atom. The quantitative estimate of drug-likeness (QED) is 0.718. The molecule has 0 amide bonds. The lowest BCUT2D eigenvalue weighted by molar-refractivity contribution is 0.136. The third kappa shape index (κ3) is 3.18. The van der Waals surface area contributed by atoms with Crippen LogP contribution in [0.2, 0.25) is 0 Å². The van der Waals surface area contributed by atoms with E-state index in [4.69, 9.17) is 5.73 Å². The third-order valence-electron chi connectivity index (χ3n) is 4.81. The zero-order valence-corrected chi connectivity index (χ0v) is 12.2. The summed E-state index contributed by atoms with van der Waals surface area (Å²) in [5, 5.41) is 3.81. The van der Waals surface area contributed by atoms with Crippen molar-refractivity contribution in [3.63, 3.8) is 0 Å². The summed E-state index contributed by atoms with van der Waals surface area (Å²) in [6, 6.07) is 0. The van der Waals surface area contributed by atoms with E-state index in [0.29, 0.717) is 5.41 Å². The normalized spacial score (nSPS) is 32.6. The first-order valence-corrected chi connectivity index (χ1v) is 8.28. The summed E-state index contributed by atoms with van der Waals surface area (Å²) in [7, 11) is 0. The molecule has 2 rings (SSSR count). The van der Waals surface area contributed by atoms with Crippen LogP contribution in [0.15, 0.2) is 0 Å². The van der Waals surface area contributed by atoms with Crippen LogP contribution in [0.3, 0.4) is 0 Å². The van der Waals surface area contributed by atoms with E-state index in [1.807, 2.05) is 0 Å². The summed E-state index contributed by atoms with van der Waals surface area (Å²) >= 11 is 2.06. The van der Waals surface area contributed by atoms with E-state index in [9.17, 15) is 0 Å². The van der Waals surface area contributed by atoms with Gasteiger partial charge in [0, 0.05) is 17.8 Å². The minimum absolute atomic E-state index is 0.166. The summed E-state index contributed by atoms with van der Waals surface area (Å²) in [6.07, 6.45) is 6.98. The van der Waals surface area contributed by atoms with Crippen molar-refractivity contribution in [2.75, 3.05) is 24.6 Å². The topological polar surface area (TPSA) is 38.0 Å². The van der Waals surface area contributed by atoms with Crippen LogP contribution in [0, 0.1) is 11.3 Å². The fourth-order valence-corrected chi connectivity index (χ4v) is 4.59. The first-order chi connectivity index (χ1) is 8.10. The van der Waals surface area contributed by atoms with Gasteiger partial charge in [0.2, 0.25) is 0 Å². The Morgan fingerprint density at radius 1 is 1.35 bits per heavy atom. The molecule has 1 aliphatic carbocycles. The Hall–Kier alpha value is 0.270. The Bertz CT molecular complexity index is 251. The smallest absolute Gasteiger partial charge is 0.0447 e. The second-order valence-electron chi connectivity index (χ2n) is 6.49. The predicted octanol–water partition coefficient (Wildman–Crippen LogP) is 2.63. The van der Waals surface area contributed by atoms with Gasteiger partial charge in [0.15, 0.2) is 0 Å². The van der Waals surface area contributed by atoms with Crippen molar-refractivity contribution < 1.29 is 0 Å². The van der Waals surface area contributed by atoms with Crippen LogP contribution < -0.4 is 11.1 Å². The lowest BCUT2D eigenvalue weighted by atomic mass is 9.70. The number of thioether (sulfide) groups is 1. The van der Waals surface area contributed by atoms with Gasteiger partial charge >= 0.3 is 0 Å². The van der Waals surface area contributed by atoms with Crippen LogP contribution >= 0.6 is 11.8 Å². The Labute approximate surface area is 110 Å². The van der Waals surface area contributed by atoms with E-state index in [2.05, 4.69) is 30.9 Å². The predicted molar refractivity (Wildman–Crippen MR) is 77.5 cm³/mol. The number of hydrogen-bond acceptors (Lipinski definition) is 3. The zero-order valence-electron chi connectivity index (χ0n) is 11.4. The lowest BCUT2D eigenvalue weighted by Gasteiger charge is -2.50. The van der Waals surface area contributed by atoms with Gasteiger partial charge in [-0.05, 0) is 42.9 Å². The molecule has 2 aliphatic rings. The molecule has 0 spiro atoms. The van der Waals surface area contributed by atoms with Crippen LogP contribution in [0.25, 0.3) is 0 Å². The monoisotopic (exact) mass is 256 g/mol. The van der Waals surface area contributed by atoms with Gasteiger partial charge < -0.3 is 11.1 Å². The molecule has 2 nitrogen and oxygen atoms in total. The van der Waals surface area contributed by atoms with Gasteiger partial charge in [0.25, 0.3) is 0 Å². The molecule has 0 radical (unpaired) electrons. The number of nitrogens with two attached hydrogens (primary N) is 1. The Balaban J connectivity index is 1.83. The molecule has 1 atom stereocenters. The average Bonchev–Trinajstić information content (AvgIpc) is 3.10. The van der Waals surface area contributed by atoms with Crippen LogP contribution in [0.4, 0.5) is 0 Å². The van der Waals surface area contributed by atoms with Gasteiger partial charge in [-0.3, -0.25) is 0 Å². The standard InChI is InChI=1S/C14H28N2S/c1-13(2)7-9-17-11-14(13,10-15)16-8-3-4-12-5-6-12/h12,16H,3-11,15H2,1-2H3. The highest BCUT2D eigenvalue weighted by molar-refractivity contribution is 7.99. The number of nitrogens with one attached hydrogen (secondary N) is 1. The molecule has 17 heavy (non-hydrogen) atoms. The fraction of sp³-hybridized carbons (Fsp3) is 1.00. The maximum absolute atomic E-state index is 6.09. The SMILES string of the molecule is CC1(C)CCSCC1(CN)NCCCC1CC1. The van der Waals surface area contributed by atoms with E-state index >= 15 is 0 Å². The third-order valence-corrected chi connectivity index (χ3v) is 6.00. The second-order valence-corrected chi connectivity index (χ2v) is 7.59. The summed E-state index contributed by atoms with van der Waals surface area (Å²) in [5.74, 6) is 3.53. The van der Waals surface area contributed by atoms with E-state index in [1.54, 1.807) is 0 Å². The summed E-state index contributed by atoms with van der Waals surface area (Å²) in [4.78, 5) is 0. The molecule has 0 bridgehead atoms. The van der Waals surface area contributed by atoms with E-state index < -0.39 is 0 Å². The highest BCUT2D eigenvalue weighted by Crippen LogP contribution is 2.42. The van der Waals surface area contributed by atoms with Crippen molar-refractivity contribution in [1.82, 2.24) is 5.32 Å². The largest absolute Gasteiger partial charge is 0.329 e. The minimum Gasteiger partial charge on any atom is -0.329 e. The van der Waals surface area contributed by atoms with Crippen LogP contribution in [0.1, 0.15) is 46.0 Å². The molecule has 0 aromatic heterocycles. The first-order valence-electron chi connectivity index (χ1n) is 7.12. The fourth-order valence-electron chi connectivity index (χ4n) is 2.83. The first kappa shape index (κ1) is 13.7. The molecule has 1 unspecified atom stereocenters. The Kier molecular flexibility index (Phi) is 4.43. The molecule has 3 heteroatoms. The van der Waals surface area contributed by atoms with Crippen LogP contribution in [0.5, 0.6) is 0 Å². The average molecular weight is 256 g/mol. The molecular formula is C14H28N2S. The summed E-state index contributed by atoms with van der Waals surface area (Å²) in [5.41, 5.74) is 6.60. The van der Waals surface area contributed by atoms with Crippen molar-refractivity contribution in [3.8, 4) is 0 Å². The van der Waals surface area contributed by atoms with Crippen LogP contribution in [-0.2, 0) is 0 Å². The molecular weight excluding hydrogens is 228 g/mol. The molecule has 1 aliphatic heterocycles. The Morgan fingerprint density at radius 2 is 2.12 bits per heavy atom. The van der Waals surface area contributed by atoms with E-state index in [0.717, 1.165) is 19.0 Å². The van der Waals surface area contributed by atoms with Crippen LogP contribution in [-0.4, -0.2) is 30.1 Å². The molecule has 100 valence electrons. The van der Waals surface area contributed by atoms with E-state index in [1.165, 1.54) is 43.6 Å². The van der Waals surface area contributed by atoms with E-state index in [-0.39, 0.29) is 5.54 Å². The zero-order chi connectivity index (χ0) is 12.4. The molecule has 2 fully saturated rings. The van der Waals surface area contributed by atoms with Gasteiger partial charge in [-0.25, -0.2) is 0 Å². The van der Waals surface area contributed by atoms with Gasteiger partial charge in [-0.1, -0.05) is 26.7 Å². The maximum atomic E-state index is 6.09. The van der Waals surface area contributed by atoms with Crippen molar-refractivity contribution >= 4 is 11.8 Å². The lowest BCUT2D eigenvalue weighted by Crippen LogP contribution is -2.64. The molecule has 1 heterocycles. The van der Waals surface area contributed by atoms with Crippen molar-refractivity contribution in [3.05, 3.63) is 0 Å². The van der Waals surface area contributed by atoms with Gasteiger partial charge in [0.1, 0.15) is 0 Å². The molecule has 0 aromatic rings. The van der Waals surface area contributed by atoms with Crippen molar-refractivity contribution in [2.45, 2.75) is 51.5 Å². The summed E-state index contributed by atoms with van der Waals surface area (Å²) < 4.78 is 0. The van der Waals surface area contributed by atoms with Gasteiger partial charge in [-0.15, -0.1) is 0 Å².